The molecule has 3 heteroatoms. The first-order chi connectivity index (χ1) is 9.74. The molecule has 0 spiro atoms. The average molecular weight is 267 g/mol. The van der Waals surface area contributed by atoms with Gasteiger partial charge in [-0.1, -0.05) is 18.2 Å². The van der Waals surface area contributed by atoms with Crippen LogP contribution < -0.4 is 5.73 Å². The van der Waals surface area contributed by atoms with Gasteiger partial charge in [0.2, 0.25) is 0 Å². The number of nitrogen functional groups attached to an aromatic ring is 1. The fraction of sp³-hybridized carbons (Fsp3) is 0.353. The fourth-order valence-corrected chi connectivity index (χ4v) is 2.95. The van der Waals surface area contributed by atoms with E-state index in [1.54, 1.807) is 6.20 Å². The van der Waals surface area contributed by atoms with E-state index in [0.29, 0.717) is 11.9 Å². The molecule has 3 rings (SSSR count). The summed E-state index contributed by atoms with van der Waals surface area (Å²) in [6, 6.07) is 13.2. The lowest BCUT2D eigenvalue weighted by molar-refractivity contribution is 0.263. The third kappa shape index (κ3) is 2.68. The summed E-state index contributed by atoms with van der Waals surface area (Å²) in [7, 11) is 0. The first-order valence-electron chi connectivity index (χ1n) is 7.30. The largest absolute Gasteiger partial charge is 0.384 e. The van der Waals surface area contributed by atoms with E-state index in [1.165, 1.54) is 37.1 Å². The number of benzene rings is 1. The molecule has 0 radical (unpaired) electrons. The molecule has 0 unspecified atom stereocenters. The van der Waals surface area contributed by atoms with E-state index in [0.717, 1.165) is 5.56 Å². The SMILES string of the molecule is C[C@H](c1cccc(-c2ccnc(N)c2)c1)N1CCCC1. The Hall–Kier alpha value is -1.87. The maximum atomic E-state index is 5.77. The van der Waals surface area contributed by atoms with Gasteiger partial charge in [0.15, 0.2) is 0 Å². The van der Waals surface area contributed by atoms with Gasteiger partial charge in [-0.3, -0.25) is 4.90 Å². The molecule has 2 heterocycles. The van der Waals surface area contributed by atoms with Gasteiger partial charge in [0.05, 0.1) is 0 Å². The zero-order valence-corrected chi connectivity index (χ0v) is 11.9. The van der Waals surface area contributed by atoms with E-state index in [1.807, 2.05) is 12.1 Å². The molecule has 1 saturated heterocycles. The predicted molar refractivity (Wildman–Crippen MR) is 83.3 cm³/mol. The number of hydrogen-bond donors (Lipinski definition) is 1. The first kappa shape index (κ1) is 13.1. The van der Waals surface area contributed by atoms with Crippen molar-refractivity contribution in [3.05, 3.63) is 48.2 Å². The third-order valence-electron chi connectivity index (χ3n) is 4.17. The monoisotopic (exact) mass is 267 g/mol. The fourth-order valence-electron chi connectivity index (χ4n) is 2.95. The van der Waals surface area contributed by atoms with Crippen LogP contribution in [0.2, 0.25) is 0 Å². The molecular weight excluding hydrogens is 246 g/mol. The minimum absolute atomic E-state index is 0.483. The Balaban J connectivity index is 1.89. The summed E-state index contributed by atoms with van der Waals surface area (Å²) in [6.07, 6.45) is 4.41. The third-order valence-corrected chi connectivity index (χ3v) is 4.17. The normalized spacial score (nSPS) is 17.2. The highest BCUT2D eigenvalue weighted by atomic mass is 15.2. The van der Waals surface area contributed by atoms with Crippen LogP contribution in [-0.2, 0) is 0 Å². The second kappa shape index (κ2) is 5.63. The molecule has 3 nitrogen and oxygen atoms in total. The van der Waals surface area contributed by atoms with Crippen molar-refractivity contribution in [2.45, 2.75) is 25.8 Å². The minimum Gasteiger partial charge on any atom is -0.384 e. The number of likely N-dealkylation sites (tertiary alicyclic amines) is 1. The summed E-state index contributed by atoms with van der Waals surface area (Å²) >= 11 is 0. The molecule has 0 saturated carbocycles. The van der Waals surface area contributed by atoms with E-state index in [9.17, 15) is 0 Å². The van der Waals surface area contributed by atoms with Gasteiger partial charge < -0.3 is 5.73 Å². The Bertz CT molecular complexity index is 588. The van der Waals surface area contributed by atoms with Crippen LogP contribution in [-0.4, -0.2) is 23.0 Å². The lowest BCUT2D eigenvalue weighted by atomic mass is 10.00. The zero-order chi connectivity index (χ0) is 13.9. The Morgan fingerprint density at radius 2 is 1.85 bits per heavy atom. The van der Waals surface area contributed by atoms with Crippen LogP contribution in [0.1, 0.15) is 31.4 Å². The van der Waals surface area contributed by atoms with E-state index in [4.69, 9.17) is 5.73 Å². The zero-order valence-electron chi connectivity index (χ0n) is 11.9. The molecule has 1 aliphatic heterocycles. The molecule has 1 atom stereocenters. The molecular formula is C17H21N3. The Morgan fingerprint density at radius 3 is 2.60 bits per heavy atom. The second-order valence-corrected chi connectivity index (χ2v) is 5.51. The van der Waals surface area contributed by atoms with Gasteiger partial charge in [0.25, 0.3) is 0 Å². The maximum absolute atomic E-state index is 5.77. The summed E-state index contributed by atoms with van der Waals surface area (Å²) in [5.74, 6) is 0.570. The van der Waals surface area contributed by atoms with Crippen LogP contribution in [0.5, 0.6) is 0 Å². The van der Waals surface area contributed by atoms with Crippen molar-refractivity contribution in [3.63, 3.8) is 0 Å². The number of pyridine rings is 1. The maximum Gasteiger partial charge on any atom is 0.123 e. The van der Waals surface area contributed by atoms with Crippen molar-refractivity contribution in [3.8, 4) is 11.1 Å². The Morgan fingerprint density at radius 1 is 1.10 bits per heavy atom. The van der Waals surface area contributed by atoms with Crippen LogP contribution in [0.4, 0.5) is 5.82 Å². The van der Waals surface area contributed by atoms with Crippen molar-refractivity contribution < 1.29 is 0 Å². The molecule has 0 bridgehead atoms. The molecule has 2 N–H and O–H groups in total. The predicted octanol–water partition coefficient (Wildman–Crippen LogP) is 3.49. The lowest BCUT2D eigenvalue weighted by Gasteiger charge is -2.24. The van der Waals surface area contributed by atoms with Crippen molar-refractivity contribution in [1.29, 1.82) is 0 Å². The lowest BCUT2D eigenvalue weighted by Crippen LogP contribution is -2.23. The van der Waals surface area contributed by atoms with Gasteiger partial charge in [-0.05, 0) is 67.7 Å². The number of nitrogens with two attached hydrogens (primary N) is 1. The topological polar surface area (TPSA) is 42.1 Å². The summed E-state index contributed by atoms with van der Waals surface area (Å²) in [5, 5.41) is 0. The molecule has 0 amide bonds. The average Bonchev–Trinajstić information content (AvgIpc) is 3.01. The minimum atomic E-state index is 0.483. The molecule has 1 fully saturated rings. The van der Waals surface area contributed by atoms with E-state index < -0.39 is 0 Å². The summed E-state index contributed by atoms with van der Waals surface area (Å²) < 4.78 is 0. The van der Waals surface area contributed by atoms with E-state index >= 15 is 0 Å². The van der Waals surface area contributed by atoms with Crippen molar-refractivity contribution >= 4 is 5.82 Å². The first-order valence-corrected chi connectivity index (χ1v) is 7.30. The van der Waals surface area contributed by atoms with Crippen molar-refractivity contribution in [2.24, 2.45) is 0 Å². The number of anilines is 1. The van der Waals surface area contributed by atoms with Crippen LogP contribution in [0.25, 0.3) is 11.1 Å². The summed E-state index contributed by atoms with van der Waals surface area (Å²) in [6.45, 7) is 4.73. The van der Waals surface area contributed by atoms with Crippen LogP contribution in [0, 0.1) is 0 Å². The highest BCUT2D eigenvalue weighted by Gasteiger charge is 2.19. The number of nitrogens with zero attached hydrogens (tertiary/aromatic N) is 2. The molecule has 104 valence electrons. The molecule has 0 aliphatic carbocycles. The van der Waals surface area contributed by atoms with Crippen LogP contribution in [0.15, 0.2) is 42.6 Å². The molecule has 2 aromatic rings. The number of rotatable bonds is 3. The van der Waals surface area contributed by atoms with Gasteiger partial charge in [-0.25, -0.2) is 4.98 Å². The van der Waals surface area contributed by atoms with Gasteiger partial charge in [-0.2, -0.15) is 0 Å². The summed E-state index contributed by atoms with van der Waals surface area (Å²) in [4.78, 5) is 6.61. The smallest absolute Gasteiger partial charge is 0.123 e. The number of aromatic nitrogens is 1. The second-order valence-electron chi connectivity index (χ2n) is 5.51. The molecule has 1 aromatic heterocycles. The quantitative estimate of drug-likeness (QED) is 0.925. The van der Waals surface area contributed by atoms with Gasteiger partial charge >= 0.3 is 0 Å². The van der Waals surface area contributed by atoms with Crippen molar-refractivity contribution in [2.75, 3.05) is 18.8 Å². The van der Waals surface area contributed by atoms with Gasteiger partial charge in [0.1, 0.15) is 5.82 Å². The van der Waals surface area contributed by atoms with Crippen molar-refractivity contribution in [1.82, 2.24) is 9.88 Å². The van der Waals surface area contributed by atoms with E-state index in [-0.39, 0.29) is 0 Å². The van der Waals surface area contributed by atoms with Crippen LogP contribution in [0.3, 0.4) is 0 Å². The Labute approximate surface area is 120 Å². The van der Waals surface area contributed by atoms with Crippen LogP contribution >= 0.6 is 0 Å². The highest BCUT2D eigenvalue weighted by molar-refractivity contribution is 5.66. The van der Waals surface area contributed by atoms with E-state index in [2.05, 4.69) is 41.1 Å². The highest BCUT2D eigenvalue weighted by Crippen LogP contribution is 2.28. The standard InChI is InChI=1S/C17H21N3/c1-13(20-9-2-3-10-20)14-5-4-6-15(11-14)16-7-8-19-17(18)12-16/h4-8,11-13H,2-3,9-10H2,1H3,(H2,18,19)/t13-/m1/s1. The molecule has 1 aliphatic rings. The summed E-state index contributed by atoms with van der Waals surface area (Å²) in [5.41, 5.74) is 9.49. The van der Waals surface area contributed by atoms with Gasteiger partial charge in [0, 0.05) is 12.2 Å². The molecule has 1 aromatic carbocycles. The number of hydrogen-bond acceptors (Lipinski definition) is 3. The van der Waals surface area contributed by atoms with Gasteiger partial charge in [-0.15, -0.1) is 0 Å². The Kier molecular flexibility index (Phi) is 3.70. The molecule has 20 heavy (non-hydrogen) atoms.